The lowest BCUT2D eigenvalue weighted by atomic mass is 10.1. The zero-order chi connectivity index (χ0) is 12.6. The van der Waals surface area contributed by atoms with Gasteiger partial charge in [0.2, 0.25) is 5.91 Å². The van der Waals surface area contributed by atoms with Crippen molar-refractivity contribution in [2.24, 2.45) is 0 Å². The van der Waals surface area contributed by atoms with Crippen LogP contribution in [-0.4, -0.2) is 44.7 Å². The van der Waals surface area contributed by atoms with E-state index in [0.717, 1.165) is 6.42 Å². The summed E-state index contributed by atoms with van der Waals surface area (Å²) in [6, 6.07) is 0. The van der Waals surface area contributed by atoms with Crippen molar-refractivity contribution in [3.8, 4) is 0 Å². The predicted octanol–water partition coefficient (Wildman–Crippen LogP) is 1.57. The van der Waals surface area contributed by atoms with Crippen LogP contribution < -0.4 is 0 Å². The van der Waals surface area contributed by atoms with E-state index in [0.29, 0.717) is 13.0 Å². The molecule has 0 aromatic rings. The van der Waals surface area contributed by atoms with Crippen molar-refractivity contribution in [3.63, 3.8) is 0 Å². The molecule has 4 nitrogen and oxygen atoms in total. The van der Waals surface area contributed by atoms with Crippen molar-refractivity contribution < 1.29 is 9.90 Å². The molecule has 1 rings (SSSR count). The summed E-state index contributed by atoms with van der Waals surface area (Å²) in [4.78, 5) is 14.0. The molecule has 1 aliphatic rings. The Balaban J connectivity index is 2.80. The Morgan fingerprint density at radius 3 is 2.19 bits per heavy atom. The molecular weight excluding hydrogens is 228 g/mol. The molecule has 0 radical (unpaired) electrons. The number of hydrogen-bond acceptors (Lipinski definition) is 3. The van der Waals surface area contributed by atoms with Crippen LogP contribution in [0, 0.1) is 0 Å². The van der Waals surface area contributed by atoms with Crippen molar-refractivity contribution in [1.29, 1.82) is 0 Å². The van der Waals surface area contributed by atoms with E-state index in [1.54, 1.807) is 9.32 Å². The lowest BCUT2D eigenvalue weighted by Crippen LogP contribution is -2.47. The number of amides is 1. The first-order valence-corrected chi connectivity index (χ1v) is 5.99. The minimum absolute atomic E-state index is 0.0467. The van der Waals surface area contributed by atoms with Gasteiger partial charge in [-0.25, -0.2) is 0 Å². The van der Waals surface area contributed by atoms with Gasteiger partial charge in [0.15, 0.2) is 0 Å². The van der Waals surface area contributed by atoms with Crippen LogP contribution in [0.1, 0.15) is 40.5 Å². The number of nitrogens with zero attached hydrogens (tertiary/aromatic N) is 2. The average molecular weight is 249 g/mol. The van der Waals surface area contributed by atoms with E-state index in [1.165, 1.54) is 0 Å². The predicted molar refractivity (Wildman–Crippen MR) is 63.9 cm³/mol. The monoisotopic (exact) mass is 248 g/mol. The average Bonchev–Trinajstić information content (AvgIpc) is 2.31. The van der Waals surface area contributed by atoms with E-state index < -0.39 is 11.2 Å². The van der Waals surface area contributed by atoms with Gasteiger partial charge in [-0.3, -0.25) is 4.79 Å². The fourth-order valence-electron chi connectivity index (χ4n) is 2.21. The Morgan fingerprint density at radius 2 is 1.81 bits per heavy atom. The molecule has 1 aliphatic heterocycles. The summed E-state index contributed by atoms with van der Waals surface area (Å²) in [5.41, 5.74) is -1.14. The molecular formula is C11H21ClN2O2. The largest absolute Gasteiger partial charge is 0.396 e. The van der Waals surface area contributed by atoms with Crippen LogP contribution in [0.25, 0.3) is 0 Å². The van der Waals surface area contributed by atoms with Crippen LogP contribution in [0.4, 0.5) is 0 Å². The Kier molecular flexibility index (Phi) is 3.87. The standard InChI is InChI=1S/C11H21ClN2O2/c1-10(2)9(16)13(7-5-6-8-15)11(3,4)14(10)12/h15H,5-8H2,1-4H3. The molecule has 0 atom stereocenters. The van der Waals surface area contributed by atoms with E-state index >= 15 is 0 Å². The van der Waals surface area contributed by atoms with Crippen LogP contribution in [0.3, 0.4) is 0 Å². The van der Waals surface area contributed by atoms with E-state index in [9.17, 15) is 4.79 Å². The van der Waals surface area contributed by atoms with Gasteiger partial charge in [0, 0.05) is 13.2 Å². The molecule has 0 aromatic heterocycles. The number of rotatable bonds is 4. The lowest BCUT2D eigenvalue weighted by Gasteiger charge is -2.35. The number of aliphatic hydroxyl groups is 1. The second-order valence-corrected chi connectivity index (χ2v) is 5.56. The molecule has 0 aromatic carbocycles. The van der Waals surface area contributed by atoms with Gasteiger partial charge in [0.25, 0.3) is 0 Å². The van der Waals surface area contributed by atoms with Gasteiger partial charge in [-0.05, 0) is 52.3 Å². The van der Waals surface area contributed by atoms with Crippen LogP contribution >= 0.6 is 11.8 Å². The molecule has 0 aliphatic carbocycles. The molecule has 1 saturated heterocycles. The molecule has 0 bridgehead atoms. The third-order valence-corrected chi connectivity index (χ3v) is 4.03. The quantitative estimate of drug-likeness (QED) is 0.607. The van der Waals surface area contributed by atoms with Crippen molar-refractivity contribution in [1.82, 2.24) is 9.32 Å². The fourth-order valence-corrected chi connectivity index (χ4v) is 2.37. The fraction of sp³-hybridized carbons (Fsp3) is 0.909. The first-order chi connectivity index (χ1) is 7.26. The maximum atomic E-state index is 12.2. The zero-order valence-corrected chi connectivity index (χ0v) is 11.2. The molecule has 5 heteroatoms. The highest BCUT2D eigenvalue weighted by atomic mass is 35.5. The Bertz CT molecular complexity index is 279. The van der Waals surface area contributed by atoms with Crippen molar-refractivity contribution in [2.45, 2.75) is 51.7 Å². The second kappa shape index (κ2) is 4.51. The Morgan fingerprint density at radius 1 is 1.25 bits per heavy atom. The highest BCUT2D eigenvalue weighted by molar-refractivity contribution is 6.17. The van der Waals surface area contributed by atoms with Crippen LogP contribution in [0.5, 0.6) is 0 Å². The summed E-state index contributed by atoms with van der Waals surface area (Å²) < 4.78 is 1.58. The highest BCUT2D eigenvalue weighted by Gasteiger charge is 2.55. The van der Waals surface area contributed by atoms with E-state index in [1.807, 2.05) is 27.7 Å². The number of halogens is 1. The van der Waals surface area contributed by atoms with E-state index in [2.05, 4.69) is 0 Å². The zero-order valence-electron chi connectivity index (χ0n) is 10.5. The molecule has 1 fully saturated rings. The summed E-state index contributed by atoms with van der Waals surface area (Å²) in [5, 5.41) is 8.75. The third-order valence-electron chi connectivity index (χ3n) is 3.19. The number of carbonyl (C=O) groups is 1. The number of unbranched alkanes of at least 4 members (excludes halogenated alkanes) is 1. The minimum atomic E-state index is -0.662. The SMILES string of the molecule is CC1(C)C(=O)N(CCCCO)C(C)(C)N1Cl. The van der Waals surface area contributed by atoms with E-state index in [-0.39, 0.29) is 12.5 Å². The molecule has 0 unspecified atom stereocenters. The third kappa shape index (κ3) is 2.06. The Hall–Kier alpha value is -0.320. The van der Waals surface area contributed by atoms with Crippen LogP contribution in [0.2, 0.25) is 0 Å². The van der Waals surface area contributed by atoms with Crippen LogP contribution in [-0.2, 0) is 4.79 Å². The van der Waals surface area contributed by atoms with Gasteiger partial charge in [-0.1, -0.05) is 0 Å². The van der Waals surface area contributed by atoms with Crippen molar-refractivity contribution in [2.75, 3.05) is 13.2 Å². The minimum Gasteiger partial charge on any atom is -0.396 e. The summed E-state index contributed by atoms with van der Waals surface area (Å²) in [7, 11) is 0. The van der Waals surface area contributed by atoms with Gasteiger partial charge in [-0.15, -0.1) is 0 Å². The molecule has 94 valence electrons. The van der Waals surface area contributed by atoms with Gasteiger partial charge >= 0.3 is 0 Å². The summed E-state index contributed by atoms with van der Waals surface area (Å²) in [6.07, 6.45) is 1.51. The number of hydrogen-bond donors (Lipinski definition) is 1. The first-order valence-electron chi connectivity index (χ1n) is 5.65. The van der Waals surface area contributed by atoms with Crippen molar-refractivity contribution >= 4 is 17.7 Å². The molecule has 1 heterocycles. The highest BCUT2D eigenvalue weighted by Crippen LogP contribution is 2.39. The lowest BCUT2D eigenvalue weighted by molar-refractivity contribution is -0.133. The molecule has 1 N–H and O–H groups in total. The normalized spacial score (nSPS) is 24.1. The number of carbonyl (C=O) groups excluding carboxylic acids is 1. The smallest absolute Gasteiger partial charge is 0.245 e. The van der Waals surface area contributed by atoms with Gasteiger partial charge < -0.3 is 10.0 Å². The molecule has 1 amide bonds. The maximum Gasteiger partial charge on any atom is 0.245 e. The number of aliphatic hydroxyl groups excluding tert-OH is 1. The molecule has 0 spiro atoms. The summed E-state index contributed by atoms with van der Waals surface area (Å²) >= 11 is 6.22. The first kappa shape index (κ1) is 13.7. The summed E-state index contributed by atoms with van der Waals surface area (Å²) in [6.45, 7) is 8.33. The van der Waals surface area contributed by atoms with Gasteiger partial charge in [0.05, 0.1) is 0 Å². The molecule has 0 saturated carbocycles. The maximum absolute atomic E-state index is 12.2. The molecule has 16 heavy (non-hydrogen) atoms. The van der Waals surface area contributed by atoms with Crippen molar-refractivity contribution in [3.05, 3.63) is 0 Å². The van der Waals surface area contributed by atoms with E-state index in [4.69, 9.17) is 16.9 Å². The van der Waals surface area contributed by atoms with Gasteiger partial charge in [-0.2, -0.15) is 4.42 Å². The summed E-state index contributed by atoms with van der Waals surface area (Å²) in [5.74, 6) is 0.0467. The topological polar surface area (TPSA) is 43.8 Å². The van der Waals surface area contributed by atoms with Crippen LogP contribution in [0.15, 0.2) is 0 Å². The van der Waals surface area contributed by atoms with Gasteiger partial charge in [0.1, 0.15) is 11.2 Å². The Labute approximate surface area is 102 Å². The second-order valence-electron chi connectivity index (χ2n) is 5.22.